The highest BCUT2D eigenvalue weighted by Crippen LogP contribution is 2.49. The number of hydrogen-bond donors (Lipinski definition) is 1. The Labute approximate surface area is 145 Å². The van der Waals surface area contributed by atoms with E-state index in [0.717, 1.165) is 48.0 Å². The summed E-state index contributed by atoms with van der Waals surface area (Å²) >= 11 is 0. The van der Waals surface area contributed by atoms with Gasteiger partial charge in [0.25, 0.3) is 0 Å². The molecule has 2 N–H and O–H groups in total. The van der Waals surface area contributed by atoms with Gasteiger partial charge in [-0.1, -0.05) is 65.2 Å². The quantitative estimate of drug-likeness (QED) is 0.661. The summed E-state index contributed by atoms with van der Waals surface area (Å²) in [5.74, 6) is 6.79. The summed E-state index contributed by atoms with van der Waals surface area (Å²) in [5, 5.41) is 0. The van der Waals surface area contributed by atoms with Crippen LogP contribution in [0.25, 0.3) is 0 Å². The first kappa shape index (κ1) is 17.8. The number of hydrogen-bond acceptors (Lipinski definition) is 1. The van der Waals surface area contributed by atoms with Crippen LogP contribution in [-0.4, -0.2) is 6.54 Å². The summed E-state index contributed by atoms with van der Waals surface area (Å²) in [6, 6.07) is 0. The molecule has 3 saturated carbocycles. The molecule has 0 aromatic carbocycles. The fourth-order valence-corrected chi connectivity index (χ4v) is 6.40. The fraction of sp³-hybridized carbons (Fsp3) is 1.00. The van der Waals surface area contributed by atoms with Crippen molar-refractivity contribution in [1.29, 1.82) is 0 Å². The van der Waals surface area contributed by atoms with Gasteiger partial charge >= 0.3 is 0 Å². The van der Waals surface area contributed by atoms with Gasteiger partial charge in [0.1, 0.15) is 0 Å². The first-order chi connectivity index (χ1) is 11.2. The van der Waals surface area contributed by atoms with Gasteiger partial charge < -0.3 is 5.73 Å². The summed E-state index contributed by atoms with van der Waals surface area (Å²) in [4.78, 5) is 0. The Hall–Kier alpha value is -0.0400. The Bertz CT molecular complexity index is 342. The lowest BCUT2D eigenvalue weighted by Gasteiger charge is -2.44. The normalized spacial score (nSPS) is 46.3. The maximum atomic E-state index is 6.26. The molecule has 3 rings (SSSR count). The average Bonchev–Trinajstić information content (AvgIpc) is 2.72. The molecule has 0 spiro atoms. The zero-order chi connectivity index (χ0) is 16.2. The van der Waals surface area contributed by atoms with Crippen molar-refractivity contribution in [1.82, 2.24) is 0 Å². The summed E-state index contributed by atoms with van der Waals surface area (Å²) < 4.78 is 0. The molecule has 0 aromatic rings. The van der Waals surface area contributed by atoms with Crippen LogP contribution in [0.3, 0.4) is 0 Å². The zero-order valence-corrected chi connectivity index (χ0v) is 15.8. The van der Waals surface area contributed by atoms with Gasteiger partial charge in [0.2, 0.25) is 0 Å². The van der Waals surface area contributed by atoms with E-state index in [1.165, 1.54) is 70.6 Å². The van der Waals surface area contributed by atoms with Crippen molar-refractivity contribution >= 4 is 0 Å². The van der Waals surface area contributed by atoms with E-state index in [0.29, 0.717) is 0 Å². The van der Waals surface area contributed by atoms with Gasteiger partial charge in [-0.05, 0) is 73.7 Å². The van der Waals surface area contributed by atoms with Gasteiger partial charge in [-0.25, -0.2) is 0 Å². The van der Waals surface area contributed by atoms with E-state index in [1.54, 1.807) is 6.42 Å². The molecule has 3 fully saturated rings. The number of fused-ring (bicyclic) bond motifs is 1. The molecule has 1 nitrogen and oxygen atoms in total. The highest BCUT2D eigenvalue weighted by atomic mass is 14.6. The highest BCUT2D eigenvalue weighted by molar-refractivity contribution is 4.91. The van der Waals surface area contributed by atoms with Gasteiger partial charge in [0, 0.05) is 0 Å². The van der Waals surface area contributed by atoms with Gasteiger partial charge in [-0.2, -0.15) is 0 Å². The molecule has 0 aliphatic heterocycles. The Balaban J connectivity index is 1.64. The van der Waals surface area contributed by atoms with Crippen LogP contribution in [0.4, 0.5) is 0 Å². The van der Waals surface area contributed by atoms with Crippen LogP contribution in [0.5, 0.6) is 0 Å². The second-order valence-electron chi connectivity index (χ2n) is 9.64. The van der Waals surface area contributed by atoms with E-state index in [4.69, 9.17) is 5.73 Å². The van der Waals surface area contributed by atoms with Crippen LogP contribution in [0.2, 0.25) is 0 Å². The molecule has 5 unspecified atom stereocenters. The van der Waals surface area contributed by atoms with Crippen molar-refractivity contribution in [2.75, 3.05) is 6.54 Å². The maximum Gasteiger partial charge on any atom is -0.00460 e. The standard InChI is InChI=1S/C22H41N/c1-16-5-3-7-18(8-4-6-16)20-13-19-11-9-17(2)10-12-22(19)21(14-20)15-23/h16-22H,3-15,23H2,1-2H3. The van der Waals surface area contributed by atoms with Crippen molar-refractivity contribution in [2.24, 2.45) is 47.2 Å². The van der Waals surface area contributed by atoms with E-state index < -0.39 is 0 Å². The monoisotopic (exact) mass is 319 g/mol. The second kappa shape index (κ2) is 8.37. The smallest absolute Gasteiger partial charge is 0.00460 e. The van der Waals surface area contributed by atoms with E-state index in [-0.39, 0.29) is 0 Å². The predicted octanol–water partition coefficient (Wildman–Crippen LogP) is 6.02. The predicted molar refractivity (Wildman–Crippen MR) is 100 cm³/mol. The summed E-state index contributed by atoms with van der Waals surface area (Å²) in [7, 11) is 0. The Morgan fingerprint density at radius 3 is 2.00 bits per heavy atom. The van der Waals surface area contributed by atoms with Crippen LogP contribution in [0.1, 0.15) is 90.9 Å². The van der Waals surface area contributed by atoms with Crippen LogP contribution in [0, 0.1) is 41.4 Å². The number of nitrogens with two attached hydrogens (primary N) is 1. The van der Waals surface area contributed by atoms with Gasteiger partial charge in [-0.15, -0.1) is 0 Å². The third-order valence-electron chi connectivity index (χ3n) is 7.96. The van der Waals surface area contributed by atoms with Gasteiger partial charge in [0.15, 0.2) is 0 Å². The third kappa shape index (κ3) is 4.53. The molecule has 3 aliphatic carbocycles. The maximum absolute atomic E-state index is 6.26. The SMILES string of the molecule is CC1CCCC(C2CC(CN)C3CCC(C)CCC3C2)CCC1. The van der Waals surface area contributed by atoms with E-state index in [9.17, 15) is 0 Å². The minimum Gasteiger partial charge on any atom is -0.330 e. The minimum absolute atomic E-state index is 0.841. The first-order valence-corrected chi connectivity index (χ1v) is 10.9. The molecule has 0 radical (unpaired) electrons. The summed E-state index contributed by atoms with van der Waals surface area (Å²) in [5.41, 5.74) is 6.26. The lowest BCUT2D eigenvalue weighted by atomic mass is 9.61. The molecule has 5 atom stereocenters. The van der Waals surface area contributed by atoms with Gasteiger partial charge in [0.05, 0.1) is 0 Å². The van der Waals surface area contributed by atoms with Gasteiger partial charge in [-0.3, -0.25) is 0 Å². The molecule has 3 aliphatic rings. The molecular formula is C22H41N. The van der Waals surface area contributed by atoms with Crippen molar-refractivity contribution in [3.63, 3.8) is 0 Å². The lowest BCUT2D eigenvalue weighted by Crippen LogP contribution is -2.38. The average molecular weight is 320 g/mol. The fourth-order valence-electron chi connectivity index (χ4n) is 6.40. The third-order valence-corrected chi connectivity index (χ3v) is 7.96. The van der Waals surface area contributed by atoms with Crippen molar-refractivity contribution in [2.45, 2.75) is 90.9 Å². The van der Waals surface area contributed by atoms with E-state index >= 15 is 0 Å². The zero-order valence-electron chi connectivity index (χ0n) is 15.8. The molecule has 0 bridgehead atoms. The van der Waals surface area contributed by atoms with Crippen LogP contribution in [0.15, 0.2) is 0 Å². The van der Waals surface area contributed by atoms with Crippen molar-refractivity contribution < 1.29 is 0 Å². The molecular weight excluding hydrogens is 278 g/mol. The summed E-state index contributed by atoms with van der Waals surface area (Å²) in [6.45, 7) is 5.89. The Morgan fingerprint density at radius 1 is 0.652 bits per heavy atom. The topological polar surface area (TPSA) is 26.0 Å². The largest absolute Gasteiger partial charge is 0.330 e. The van der Waals surface area contributed by atoms with Crippen LogP contribution in [-0.2, 0) is 0 Å². The van der Waals surface area contributed by atoms with Crippen LogP contribution < -0.4 is 5.73 Å². The minimum atomic E-state index is 0.841. The lowest BCUT2D eigenvalue weighted by molar-refractivity contribution is 0.0627. The molecule has 0 heterocycles. The summed E-state index contributed by atoms with van der Waals surface area (Å²) in [6.07, 6.45) is 17.9. The van der Waals surface area contributed by atoms with E-state index in [1.807, 2.05) is 0 Å². The van der Waals surface area contributed by atoms with Crippen molar-refractivity contribution in [3.8, 4) is 0 Å². The molecule has 0 aromatic heterocycles. The second-order valence-corrected chi connectivity index (χ2v) is 9.64. The molecule has 0 saturated heterocycles. The molecule has 134 valence electrons. The van der Waals surface area contributed by atoms with Crippen LogP contribution >= 0.6 is 0 Å². The number of rotatable bonds is 2. The van der Waals surface area contributed by atoms with Crippen molar-refractivity contribution in [3.05, 3.63) is 0 Å². The first-order valence-electron chi connectivity index (χ1n) is 10.9. The highest BCUT2D eigenvalue weighted by Gasteiger charge is 2.40. The Morgan fingerprint density at radius 2 is 1.30 bits per heavy atom. The Kier molecular flexibility index (Phi) is 6.46. The molecule has 23 heavy (non-hydrogen) atoms. The molecule has 0 amide bonds. The van der Waals surface area contributed by atoms with E-state index in [2.05, 4.69) is 13.8 Å². The molecule has 1 heteroatoms.